The lowest BCUT2D eigenvalue weighted by Gasteiger charge is -2.31. The van der Waals surface area contributed by atoms with Gasteiger partial charge in [0.2, 0.25) is 0 Å². The summed E-state index contributed by atoms with van der Waals surface area (Å²) in [6.07, 6.45) is 3.23. The van der Waals surface area contributed by atoms with Gasteiger partial charge in [-0.25, -0.2) is 4.52 Å². The molecule has 7 nitrogen and oxygen atoms in total. The number of benzene rings is 1. The SMILES string of the molecule is Cc1cn2nc(C(=O)N3CCC(Oc4ccc(Cl)cc4)CC3)cc2c(=O)[nH]1. The van der Waals surface area contributed by atoms with Gasteiger partial charge in [0.15, 0.2) is 5.69 Å². The van der Waals surface area contributed by atoms with Gasteiger partial charge in [-0.05, 0) is 31.2 Å². The second kappa shape index (κ2) is 7.08. The molecule has 1 fully saturated rings. The first kappa shape index (κ1) is 17.6. The number of H-pyrrole nitrogens is 1. The molecule has 0 radical (unpaired) electrons. The van der Waals surface area contributed by atoms with Crippen molar-refractivity contribution < 1.29 is 9.53 Å². The highest BCUT2D eigenvalue weighted by atomic mass is 35.5. The van der Waals surface area contributed by atoms with E-state index in [4.69, 9.17) is 16.3 Å². The second-order valence-electron chi connectivity index (χ2n) is 6.69. The van der Waals surface area contributed by atoms with Gasteiger partial charge in [0.05, 0.1) is 0 Å². The molecule has 0 saturated carbocycles. The minimum atomic E-state index is -0.253. The predicted octanol–water partition coefficient (Wildman–Crippen LogP) is 2.67. The Bertz CT molecular complexity index is 1030. The van der Waals surface area contributed by atoms with Crippen LogP contribution in [-0.2, 0) is 0 Å². The van der Waals surface area contributed by atoms with Crippen LogP contribution >= 0.6 is 11.6 Å². The van der Waals surface area contributed by atoms with Gasteiger partial charge in [-0.3, -0.25) is 9.59 Å². The van der Waals surface area contributed by atoms with Crippen LogP contribution in [0.5, 0.6) is 5.75 Å². The van der Waals surface area contributed by atoms with Crippen LogP contribution in [0.25, 0.3) is 5.52 Å². The van der Waals surface area contributed by atoms with E-state index in [0.717, 1.165) is 18.6 Å². The van der Waals surface area contributed by atoms with E-state index in [1.54, 1.807) is 30.2 Å². The molecule has 0 aliphatic carbocycles. The van der Waals surface area contributed by atoms with Crippen molar-refractivity contribution in [2.45, 2.75) is 25.9 Å². The number of aryl methyl sites for hydroxylation is 1. The Hall–Kier alpha value is -2.80. The summed E-state index contributed by atoms with van der Waals surface area (Å²) in [7, 11) is 0. The zero-order chi connectivity index (χ0) is 19.0. The Balaban J connectivity index is 1.42. The molecule has 1 N–H and O–H groups in total. The summed E-state index contributed by atoms with van der Waals surface area (Å²) >= 11 is 5.89. The number of likely N-dealkylation sites (tertiary alicyclic amines) is 1. The first-order valence-corrected chi connectivity index (χ1v) is 9.18. The van der Waals surface area contributed by atoms with Crippen molar-refractivity contribution in [1.82, 2.24) is 19.5 Å². The van der Waals surface area contributed by atoms with E-state index in [1.165, 1.54) is 10.6 Å². The molecule has 8 heteroatoms. The highest BCUT2D eigenvalue weighted by Crippen LogP contribution is 2.22. The van der Waals surface area contributed by atoms with E-state index in [1.807, 2.05) is 12.1 Å². The van der Waals surface area contributed by atoms with Crippen molar-refractivity contribution >= 4 is 23.0 Å². The molecule has 1 amide bonds. The lowest BCUT2D eigenvalue weighted by Crippen LogP contribution is -2.41. The van der Waals surface area contributed by atoms with Crippen molar-refractivity contribution in [2.75, 3.05) is 13.1 Å². The van der Waals surface area contributed by atoms with Crippen LogP contribution in [0.2, 0.25) is 5.02 Å². The molecule has 3 heterocycles. The minimum Gasteiger partial charge on any atom is -0.490 e. The maximum Gasteiger partial charge on any atom is 0.274 e. The van der Waals surface area contributed by atoms with Crippen molar-refractivity contribution in [2.24, 2.45) is 0 Å². The largest absolute Gasteiger partial charge is 0.490 e. The van der Waals surface area contributed by atoms with Gasteiger partial charge in [-0.2, -0.15) is 5.10 Å². The standard InChI is InChI=1S/C19H19ClN4O3/c1-12-11-24-17(18(25)21-12)10-16(22-24)19(26)23-8-6-15(7-9-23)27-14-4-2-13(20)3-5-14/h2-5,10-11,15H,6-9H2,1H3,(H,21,25). The highest BCUT2D eigenvalue weighted by Gasteiger charge is 2.26. The normalized spacial score (nSPS) is 15.3. The number of carbonyl (C=O) groups excluding carboxylic acids is 1. The van der Waals surface area contributed by atoms with Crippen LogP contribution < -0.4 is 10.3 Å². The van der Waals surface area contributed by atoms with Crippen LogP contribution in [0.3, 0.4) is 0 Å². The number of hydrogen-bond acceptors (Lipinski definition) is 4. The Morgan fingerprint density at radius 3 is 2.67 bits per heavy atom. The van der Waals surface area contributed by atoms with E-state index < -0.39 is 0 Å². The number of halogens is 1. The first-order valence-electron chi connectivity index (χ1n) is 8.80. The number of nitrogens with zero attached hydrogens (tertiary/aromatic N) is 3. The van der Waals surface area contributed by atoms with Gasteiger partial charge in [0.1, 0.15) is 17.4 Å². The Kier molecular flexibility index (Phi) is 4.61. The number of nitrogens with one attached hydrogen (secondary N) is 1. The average Bonchev–Trinajstić information content (AvgIpc) is 3.08. The van der Waals surface area contributed by atoms with Gasteiger partial charge in [-0.1, -0.05) is 11.6 Å². The molecule has 0 atom stereocenters. The molecule has 0 bridgehead atoms. The van der Waals surface area contributed by atoms with Gasteiger partial charge < -0.3 is 14.6 Å². The highest BCUT2D eigenvalue weighted by molar-refractivity contribution is 6.30. The smallest absolute Gasteiger partial charge is 0.274 e. The van der Waals surface area contributed by atoms with Crippen molar-refractivity contribution in [3.63, 3.8) is 0 Å². The lowest BCUT2D eigenvalue weighted by atomic mass is 10.1. The molecule has 3 aromatic rings. The van der Waals surface area contributed by atoms with Crippen LogP contribution in [0.4, 0.5) is 0 Å². The molecule has 2 aromatic heterocycles. The fraction of sp³-hybridized carbons (Fsp3) is 0.316. The van der Waals surface area contributed by atoms with Crippen LogP contribution in [0, 0.1) is 6.92 Å². The molecule has 1 saturated heterocycles. The number of rotatable bonds is 3. The quantitative estimate of drug-likeness (QED) is 0.750. The fourth-order valence-corrected chi connectivity index (χ4v) is 3.40. The van der Waals surface area contributed by atoms with E-state index in [2.05, 4.69) is 10.1 Å². The maximum atomic E-state index is 12.8. The van der Waals surface area contributed by atoms with Crippen molar-refractivity contribution in [1.29, 1.82) is 0 Å². The lowest BCUT2D eigenvalue weighted by molar-refractivity contribution is 0.0590. The number of piperidine rings is 1. The molecular formula is C19H19ClN4O3. The number of carbonyl (C=O) groups is 1. The number of aromatic amines is 1. The van der Waals surface area contributed by atoms with Gasteiger partial charge in [0, 0.05) is 48.9 Å². The Morgan fingerprint density at radius 2 is 1.96 bits per heavy atom. The van der Waals surface area contributed by atoms with Crippen molar-refractivity contribution in [3.8, 4) is 5.75 Å². The summed E-state index contributed by atoms with van der Waals surface area (Å²) in [6.45, 7) is 2.94. The number of aromatic nitrogens is 3. The summed E-state index contributed by atoms with van der Waals surface area (Å²) in [6, 6.07) is 8.81. The summed E-state index contributed by atoms with van der Waals surface area (Å²) < 4.78 is 7.42. The first-order chi connectivity index (χ1) is 13.0. The molecule has 4 rings (SSSR count). The van der Waals surface area contributed by atoms with Gasteiger partial charge in [-0.15, -0.1) is 0 Å². The van der Waals surface area contributed by atoms with Crippen LogP contribution in [0.15, 0.2) is 41.3 Å². The summed E-state index contributed by atoms with van der Waals surface area (Å²) in [5, 5.41) is 4.94. The zero-order valence-electron chi connectivity index (χ0n) is 14.8. The molecule has 1 aliphatic rings. The van der Waals surface area contributed by atoms with Crippen LogP contribution in [-0.4, -0.2) is 44.6 Å². The molecule has 1 aliphatic heterocycles. The third-order valence-electron chi connectivity index (χ3n) is 4.66. The third kappa shape index (κ3) is 3.68. The van der Waals surface area contributed by atoms with E-state index in [-0.39, 0.29) is 23.3 Å². The van der Waals surface area contributed by atoms with Gasteiger partial charge in [0.25, 0.3) is 11.5 Å². The van der Waals surface area contributed by atoms with Gasteiger partial charge >= 0.3 is 0 Å². The minimum absolute atomic E-state index is 0.0572. The zero-order valence-corrected chi connectivity index (χ0v) is 15.6. The molecule has 140 valence electrons. The van der Waals surface area contributed by atoms with E-state index >= 15 is 0 Å². The summed E-state index contributed by atoms with van der Waals surface area (Å²) in [5.74, 6) is 0.611. The number of hydrogen-bond donors (Lipinski definition) is 1. The fourth-order valence-electron chi connectivity index (χ4n) is 3.27. The Morgan fingerprint density at radius 1 is 1.26 bits per heavy atom. The average molecular weight is 387 g/mol. The van der Waals surface area contributed by atoms with E-state index in [9.17, 15) is 9.59 Å². The molecular weight excluding hydrogens is 368 g/mol. The molecule has 0 unspecified atom stereocenters. The van der Waals surface area contributed by atoms with Crippen LogP contribution in [0.1, 0.15) is 29.0 Å². The Labute approximate surface area is 160 Å². The monoisotopic (exact) mass is 386 g/mol. The van der Waals surface area contributed by atoms with E-state index in [0.29, 0.717) is 29.3 Å². The molecule has 27 heavy (non-hydrogen) atoms. The summed E-state index contributed by atoms with van der Waals surface area (Å²) in [4.78, 5) is 29.2. The topological polar surface area (TPSA) is 79.7 Å². The molecule has 0 spiro atoms. The van der Waals surface area contributed by atoms with Crippen molar-refractivity contribution in [3.05, 3.63) is 63.3 Å². The maximum absolute atomic E-state index is 12.8. The third-order valence-corrected chi connectivity index (χ3v) is 4.91. The number of amides is 1. The number of fused-ring (bicyclic) bond motifs is 1. The second-order valence-corrected chi connectivity index (χ2v) is 7.13. The summed E-state index contributed by atoms with van der Waals surface area (Å²) in [5.41, 5.74) is 1.08. The number of ether oxygens (including phenoxy) is 1. The molecule has 1 aromatic carbocycles. The predicted molar refractivity (Wildman–Crippen MR) is 102 cm³/mol.